The van der Waals surface area contributed by atoms with Crippen molar-refractivity contribution in [1.29, 1.82) is 0 Å². The van der Waals surface area contributed by atoms with Crippen LogP contribution in [0.5, 0.6) is 0 Å². The minimum atomic E-state index is -0.0556. The molecule has 0 amide bonds. The van der Waals surface area contributed by atoms with Crippen LogP contribution in [0, 0.1) is 16.7 Å². The van der Waals surface area contributed by atoms with Gasteiger partial charge >= 0.3 is 5.97 Å². The molecule has 15 heavy (non-hydrogen) atoms. The average molecular weight is 214 g/mol. The number of hydrogen-bond donors (Lipinski definition) is 0. The number of rotatable bonds is 3. The largest absolute Gasteiger partial charge is 0.466 e. The molecule has 1 atom stereocenters. The second-order valence-electron chi connectivity index (χ2n) is 6.44. The van der Waals surface area contributed by atoms with E-state index in [4.69, 9.17) is 4.74 Å². The van der Waals surface area contributed by atoms with E-state index in [-0.39, 0.29) is 22.7 Å². The molecular weight excluding hydrogens is 188 g/mol. The third kappa shape index (κ3) is 5.81. The van der Waals surface area contributed by atoms with Gasteiger partial charge in [-0.3, -0.25) is 4.79 Å². The van der Waals surface area contributed by atoms with E-state index in [2.05, 4.69) is 41.5 Å². The van der Waals surface area contributed by atoms with Gasteiger partial charge < -0.3 is 4.74 Å². The maximum absolute atomic E-state index is 11.8. The van der Waals surface area contributed by atoms with E-state index in [1.165, 1.54) is 0 Å². The lowest BCUT2D eigenvalue weighted by Gasteiger charge is -2.33. The van der Waals surface area contributed by atoms with E-state index in [9.17, 15) is 4.79 Å². The van der Waals surface area contributed by atoms with Gasteiger partial charge in [-0.05, 0) is 24.2 Å². The van der Waals surface area contributed by atoms with E-state index >= 15 is 0 Å². The Balaban J connectivity index is 4.68. The molecule has 0 radical (unpaired) electrons. The van der Waals surface area contributed by atoms with Crippen LogP contribution < -0.4 is 0 Å². The molecule has 90 valence electrons. The second kappa shape index (κ2) is 5.00. The maximum Gasteiger partial charge on any atom is 0.309 e. The lowest BCUT2D eigenvalue weighted by Crippen LogP contribution is -2.33. The summed E-state index contributed by atoms with van der Waals surface area (Å²) in [5.74, 6) is -0.0719. The van der Waals surface area contributed by atoms with Crippen LogP contribution >= 0.6 is 0 Å². The summed E-state index contributed by atoms with van der Waals surface area (Å²) in [4.78, 5) is 11.8. The Morgan fingerprint density at radius 3 is 1.87 bits per heavy atom. The highest BCUT2D eigenvalue weighted by molar-refractivity contribution is 5.73. The Hall–Kier alpha value is -0.530. The van der Waals surface area contributed by atoms with Gasteiger partial charge in [-0.2, -0.15) is 0 Å². The van der Waals surface area contributed by atoms with Crippen LogP contribution in [0.1, 0.15) is 54.9 Å². The third-order valence-corrected chi connectivity index (χ3v) is 2.43. The zero-order valence-corrected chi connectivity index (χ0v) is 11.3. The first-order valence-electron chi connectivity index (χ1n) is 5.74. The Bertz CT molecular complexity index is 206. The average Bonchev–Trinajstić information content (AvgIpc) is 1.97. The van der Waals surface area contributed by atoms with Gasteiger partial charge in [0.1, 0.15) is 0 Å². The van der Waals surface area contributed by atoms with Gasteiger partial charge in [0, 0.05) is 0 Å². The molecule has 0 rings (SSSR count). The van der Waals surface area contributed by atoms with E-state index in [0.717, 1.165) is 6.42 Å². The number of ether oxygens (including phenoxy) is 1. The summed E-state index contributed by atoms with van der Waals surface area (Å²) in [7, 11) is 0. The van der Waals surface area contributed by atoms with E-state index in [0.29, 0.717) is 6.61 Å². The lowest BCUT2D eigenvalue weighted by molar-refractivity contribution is -0.153. The van der Waals surface area contributed by atoms with E-state index in [1.807, 2.05) is 6.92 Å². The van der Waals surface area contributed by atoms with Crippen LogP contribution in [0.3, 0.4) is 0 Å². The standard InChI is InChI=1S/C13H26O2/c1-8-15-11(14)10(13(5,6)7)9-12(2,3)4/h10H,8-9H2,1-7H3. The molecule has 0 bridgehead atoms. The fourth-order valence-corrected chi connectivity index (χ4v) is 1.60. The van der Waals surface area contributed by atoms with Crippen LogP contribution in [-0.4, -0.2) is 12.6 Å². The molecule has 0 fully saturated rings. The third-order valence-electron chi connectivity index (χ3n) is 2.43. The molecule has 0 aromatic heterocycles. The summed E-state index contributed by atoms with van der Waals surface area (Å²) in [6.07, 6.45) is 0.870. The molecule has 1 unspecified atom stereocenters. The van der Waals surface area contributed by atoms with Crippen molar-refractivity contribution >= 4 is 5.97 Å². The first kappa shape index (κ1) is 14.5. The molecule has 0 saturated carbocycles. The summed E-state index contributed by atoms with van der Waals surface area (Å²) in [5.41, 5.74) is 0.129. The zero-order valence-electron chi connectivity index (χ0n) is 11.3. The normalized spacial score (nSPS) is 14.9. The Morgan fingerprint density at radius 2 is 1.60 bits per heavy atom. The quantitative estimate of drug-likeness (QED) is 0.670. The molecule has 0 aromatic rings. The van der Waals surface area contributed by atoms with Gasteiger partial charge in [0.25, 0.3) is 0 Å². The van der Waals surface area contributed by atoms with Gasteiger partial charge in [-0.25, -0.2) is 0 Å². The Labute approximate surface area is 94.4 Å². The van der Waals surface area contributed by atoms with Crippen LogP contribution in [0.4, 0.5) is 0 Å². The van der Waals surface area contributed by atoms with Crippen molar-refractivity contribution in [2.24, 2.45) is 16.7 Å². The zero-order chi connectivity index (χ0) is 12.3. The highest BCUT2D eigenvalue weighted by Crippen LogP contribution is 2.36. The minimum absolute atomic E-state index is 0.0163. The molecule has 0 N–H and O–H groups in total. The topological polar surface area (TPSA) is 26.3 Å². The highest BCUT2D eigenvalue weighted by Gasteiger charge is 2.35. The molecule has 0 aromatic carbocycles. The predicted octanol–water partition coefficient (Wildman–Crippen LogP) is 3.65. The maximum atomic E-state index is 11.8. The summed E-state index contributed by atoms with van der Waals surface area (Å²) >= 11 is 0. The van der Waals surface area contributed by atoms with E-state index < -0.39 is 0 Å². The van der Waals surface area contributed by atoms with Crippen molar-refractivity contribution < 1.29 is 9.53 Å². The van der Waals surface area contributed by atoms with Crippen molar-refractivity contribution in [3.8, 4) is 0 Å². The summed E-state index contributed by atoms with van der Waals surface area (Å²) in [6, 6.07) is 0. The first-order valence-corrected chi connectivity index (χ1v) is 5.74. The van der Waals surface area contributed by atoms with Crippen molar-refractivity contribution in [3.63, 3.8) is 0 Å². The van der Waals surface area contributed by atoms with Crippen LogP contribution in [0.2, 0.25) is 0 Å². The van der Waals surface area contributed by atoms with Crippen LogP contribution in [-0.2, 0) is 9.53 Å². The lowest BCUT2D eigenvalue weighted by atomic mass is 9.72. The first-order chi connectivity index (χ1) is 6.58. The number of carbonyl (C=O) groups excluding carboxylic acids is 1. The molecule has 0 aliphatic carbocycles. The van der Waals surface area contributed by atoms with Gasteiger partial charge in [-0.1, -0.05) is 41.5 Å². The Kier molecular flexibility index (Phi) is 4.82. The molecular formula is C13H26O2. The van der Waals surface area contributed by atoms with Crippen molar-refractivity contribution in [3.05, 3.63) is 0 Å². The number of esters is 1. The Morgan fingerprint density at radius 1 is 1.13 bits per heavy atom. The SMILES string of the molecule is CCOC(=O)C(CC(C)(C)C)C(C)(C)C. The monoisotopic (exact) mass is 214 g/mol. The summed E-state index contributed by atoms with van der Waals surface area (Å²) < 4.78 is 5.14. The smallest absolute Gasteiger partial charge is 0.309 e. The molecule has 0 heterocycles. The number of carbonyl (C=O) groups is 1. The molecule has 0 aliphatic heterocycles. The fourth-order valence-electron chi connectivity index (χ4n) is 1.60. The fraction of sp³-hybridized carbons (Fsp3) is 0.923. The van der Waals surface area contributed by atoms with Gasteiger partial charge in [0.05, 0.1) is 12.5 Å². The summed E-state index contributed by atoms with van der Waals surface area (Å²) in [5, 5.41) is 0. The molecule has 0 saturated heterocycles. The molecule has 0 spiro atoms. The van der Waals surface area contributed by atoms with Crippen molar-refractivity contribution in [1.82, 2.24) is 0 Å². The summed E-state index contributed by atoms with van der Waals surface area (Å²) in [6.45, 7) is 15.1. The van der Waals surface area contributed by atoms with Gasteiger partial charge in [0.2, 0.25) is 0 Å². The van der Waals surface area contributed by atoms with Crippen LogP contribution in [0.25, 0.3) is 0 Å². The van der Waals surface area contributed by atoms with Gasteiger partial charge in [0.15, 0.2) is 0 Å². The number of hydrogen-bond acceptors (Lipinski definition) is 2. The van der Waals surface area contributed by atoms with E-state index in [1.54, 1.807) is 0 Å². The van der Waals surface area contributed by atoms with Crippen LogP contribution in [0.15, 0.2) is 0 Å². The van der Waals surface area contributed by atoms with Crippen molar-refractivity contribution in [2.75, 3.05) is 6.61 Å². The predicted molar refractivity (Wildman–Crippen MR) is 63.7 cm³/mol. The molecule has 2 heteroatoms. The minimum Gasteiger partial charge on any atom is -0.466 e. The second-order valence-corrected chi connectivity index (χ2v) is 6.44. The van der Waals surface area contributed by atoms with Gasteiger partial charge in [-0.15, -0.1) is 0 Å². The van der Waals surface area contributed by atoms with Crippen molar-refractivity contribution in [2.45, 2.75) is 54.9 Å². The molecule has 2 nitrogen and oxygen atoms in total. The highest BCUT2D eigenvalue weighted by atomic mass is 16.5. The molecule has 0 aliphatic rings.